The number of benzene rings is 1. The standard InChI is InChI=1S/C17H17NO6/c1-7-8(2)16(21)24-12-5-9(3-4-10(7)12)18-11-6-23-15-14(20)17(15,22)13(11)19/h3-6,13-15,18-20,22H,1-2H3/t13?,14?,15?,17-/m1/s1. The third-order valence-corrected chi connectivity index (χ3v) is 4.93. The van der Waals surface area contributed by atoms with Crippen molar-refractivity contribution in [1.29, 1.82) is 0 Å². The van der Waals surface area contributed by atoms with Crippen molar-refractivity contribution < 1.29 is 24.5 Å². The summed E-state index contributed by atoms with van der Waals surface area (Å²) in [6.07, 6.45) is -1.95. The minimum atomic E-state index is -1.69. The molecule has 0 spiro atoms. The van der Waals surface area contributed by atoms with Crippen LogP contribution in [0.1, 0.15) is 11.1 Å². The Hall–Kier alpha value is -2.35. The molecule has 3 unspecified atom stereocenters. The second-order valence-electron chi connectivity index (χ2n) is 6.34. The SMILES string of the molecule is Cc1c(C)c2ccc(NC3=COC4C(O)[C@]4(O)C3O)cc2oc1=O. The second kappa shape index (κ2) is 4.83. The molecule has 0 bridgehead atoms. The maximum Gasteiger partial charge on any atom is 0.339 e. The highest BCUT2D eigenvalue weighted by molar-refractivity contribution is 5.84. The van der Waals surface area contributed by atoms with Crippen LogP contribution >= 0.6 is 0 Å². The first-order chi connectivity index (χ1) is 11.3. The van der Waals surface area contributed by atoms with Crippen LogP contribution in [0.25, 0.3) is 11.0 Å². The van der Waals surface area contributed by atoms with Gasteiger partial charge in [0.2, 0.25) is 0 Å². The molecular formula is C17H17NO6. The number of fused-ring (bicyclic) bond motifs is 2. The molecule has 0 radical (unpaired) electrons. The zero-order chi connectivity index (χ0) is 17.2. The van der Waals surface area contributed by atoms with E-state index in [0.29, 0.717) is 16.8 Å². The van der Waals surface area contributed by atoms with Crippen LogP contribution in [-0.2, 0) is 4.74 Å². The van der Waals surface area contributed by atoms with Crippen LogP contribution in [-0.4, -0.2) is 39.2 Å². The topological polar surface area (TPSA) is 112 Å². The predicted molar refractivity (Wildman–Crippen MR) is 85.5 cm³/mol. The highest BCUT2D eigenvalue weighted by atomic mass is 16.6. The van der Waals surface area contributed by atoms with Gasteiger partial charge in [-0.2, -0.15) is 0 Å². The molecule has 4 atom stereocenters. The molecule has 1 aliphatic carbocycles. The molecule has 24 heavy (non-hydrogen) atoms. The number of nitrogens with one attached hydrogen (secondary N) is 1. The average molecular weight is 331 g/mol. The van der Waals surface area contributed by atoms with Crippen LogP contribution in [0.2, 0.25) is 0 Å². The van der Waals surface area contributed by atoms with Gasteiger partial charge < -0.3 is 29.8 Å². The Morgan fingerprint density at radius 1 is 1.21 bits per heavy atom. The first-order valence-electron chi connectivity index (χ1n) is 7.59. The molecule has 0 amide bonds. The van der Waals surface area contributed by atoms with Gasteiger partial charge in [-0.25, -0.2) is 4.79 Å². The third kappa shape index (κ3) is 1.92. The Balaban J connectivity index is 1.67. The van der Waals surface area contributed by atoms with Crippen LogP contribution < -0.4 is 10.9 Å². The summed E-state index contributed by atoms with van der Waals surface area (Å²) >= 11 is 0. The van der Waals surface area contributed by atoms with Crippen LogP contribution in [0.5, 0.6) is 0 Å². The van der Waals surface area contributed by atoms with Gasteiger partial charge in [0.15, 0.2) is 11.7 Å². The number of anilines is 1. The number of aliphatic hydroxyl groups is 3. The summed E-state index contributed by atoms with van der Waals surface area (Å²) in [5, 5.41) is 33.7. The monoisotopic (exact) mass is 331 g/mol. The van der Waals surface area contributed by atoms with Crippen LogP contribution in [0, 0.1) is 13.8 Å². The molecular weight excluding hydrogens is 314 g/mol. The number of aryl methyl sites for hydroxylation is 1. The smallest absolute Gasteiger partial charge is 0.339 e. The molecule has 1 fully saturated rings. The van der Waals surface area contributed by atoms with Gasteiger partial charge in [0.25, 0.3) is 0 Å². The van der Waals surface area contributed by atoms with Gasteiger partial charge in [0.1, 0.15) is 24.1 Å². The van der Waals surface area contributed by atoms with Crippen molar-refractivity contribution in [1.82, 2.24) is 0 Å². The minimum absolute atomic E-state index is 0.218. The third-order valence-electron chi connectivity index (χ3n) is 4.93. The fraction of sp³-hybridized carbons (Fsp3) is 0.353. The quantitative estimate of drug-likeness (QED) is 0.594. The zero-order valence-corrected chi connectivity index (χ0v) is 13.1. The van der Waals surface area contributed by atoms with E-state index >= 15 is 0 Å². The van der Waals surface area contributed by atoms with Crippen molar-refractivity contribution in [2.24, 2.45) is 0 Å². The molecule has 1 saturated carbocycles. The lowest BCUT2D eigenvalue weighted by atomic mass is 10.1. The minimum Gasteiger partial charge on any atom is -0.490 e. The first-order valence-corrected chi connectivity index (χ1v) is 7.59. The largest absolute Gasteiger partial charge is 0.490 e. The van der Waals surface area contributed by atoms with E-state index in [2.05, 4.69) is 5.32 Å². The van der Waals surface area contributed by atoms with Crippen LogP contribution in [0.15, 0.2) is 39.4 Å². The Morgan fingerprint density at radius 2 is 1.96 bits per heavy atom. The normalized spacial score (nSPS) is 31.2. The molecule has 126 valence electrons. The lowest BCUT2D eigenvalue weighted by molar-refractivity contribution is -0.0381. The van der Waals surface area contributed by atoms with E-state index in [4.69, 9.17) is 9.15 Å². The van der Waals surface area contributed by atoms with Gasteiger partial charge in [-0.05, 0) is 31.5 Å². The maximum absolute atomic E-state index is 11.8. The van der Waals surface area contributed by atoms with Gasteiger partial charge in [-0.15, -0.1) is 0 Å². The van der Waals surface area contributed by atoms with Gasteiger partial charge >= 0.3 is 5.63 Å². The summed E-state index contributed by atoms with van der Waals surface area (Å²) in [6, 6.07) is 5.21. The average Bonchev–Trinajstić information content (AvgIpc) is 3.11. The molecule has 4 N–H and O–H groups in total. The number of rotatable bonds is 2. The van der Waals surface area contributed by atoms with Crippen molar-refractivity contribution in [3.05, 3.63) is 51.7 Å². The summed E-state index contributed by atoms with van der Waals surface area (Å²) in [6.45, 7) is 3.57. The van der Waals surface area contributed by atoms with Crippen LogP contribution in [0.3, 0.4) is 0 Å². The van der Waals surface area contributed by atoms with Gasteiger partial charge in [0.05, 0.1) is 5.70 Å². The highest BCUT2D eigenvalue weighted by Crippen LogP contribution is 2.47. The second-order valence-corrected chi connectivity index (χ2v) is 6.34. The summed E-state index contributed by atoms with van der Waals surface area (Å²) in [4.78, 5) is 11.8. The van der Waals surface area contributed by atoms with Crippen molar-refractivity contribution in [2.75, 3.05) is 5.32 Å². The first kappa shape index (κ1) is 15.2. The Kier molecular flexibility index (Phi) is 3.05. The molecule has 1 aromatic carbocycles. The molecule has 4 rings (SSSR count). The maximum atomic E-state index is 11.8. The molecule has 0 saturated heterocycles. The fourth-order valence-corrected chi connectivity index (χ4v) is 3.10. The van der Waals surface area contributed by atoms with Crippen molar-refractivity contribution in [3.63, 3.8) is 0 Å². The summed E-state index contributed by atoms with van der Waals surface area (Å²) < 4.78 is 10.5. The lowest BCUT2D eigenvalue weighted by Crippen LogP contribution is -2.40. The van der Waals surface area contributed by atoms with E-state index in [0.717, 1.165) is 10.9 Å². The summed E-state index contributed by atoms with van der Waals surface area (Å²) in [5.41, 5.74) is 0.535. The molecule has 7 nitrogen and oxygen atoms in total. The van der Waals surface area contributed by atoms with Crippen molar-refractivity contribution >= 4 is 16.7 Å². The number of hydrogen-bond acceptors (Lipinski definition) is 7. The molecule has 2 aromatic rings. The van der Waals surface area contributed by atoms with E-state index in [1.54, 1.807) is 19.1 Å². The molecule has 1 aromatic heterocycles. The van der Waals surface area contributed by atoms with Crippen molar-refractivity contribution in [2.45, 2.75) is 37.8 Å². The molecule has 7 heteroatoms. The number of ether oxygens (including phenoxy) is 1. The van der Waals surface area contributed by atoms with Crippen molar-refractivity contribution in [3.8, 4) is 0 Å². The Morgan fingerprint density at radius 3 is 2.71 bits per heavy atom. The molecule has 1 aliphatic heterocycles. The summed E-state index contributed by atoms with van der Waals surface area (Å²) in [5.74, 6) is 0. The lowest BCUT2D eigenvalue weighted by Gasteiger charge is -2.25. The van der Waals surface area contributed by atoms with Crippen LogP contribution in [0.4, 0.5) is 5.69 Å². The zero-order valence-electron chi connectivity index (χ0n) is 13.1. The fourth-order valence-electron chi connectivity index (χ4n) is 3.10. The number of aliphatic hydroxyl groups excluding tert-OH is 2. The Labute approximate surface area is 136 Å². The Bertz CT molecular complexity index is 933. The van der Waals surface area contributed by atoms with Gasteiger partial charge in [0, 0.05) is 22.7 Å². The van der Waals surface area contributed by atoms with E-state index in [9.17, 15) is 20.1 Å². The molecule has 2 heterocycles. The van der Waals surface area contributed by atoms with E-state index in [1.807, 2.05) is 13.0 Å². The van der Waals surface area contributed by atoms with E-state index in [1.165, 1.54) is 6.26 Å². The van der Waals surface area contributed by atoms with E-state index in [-0.39, 0.29) is 5.70 Å². The highest BCUT2D eigenvalue weighted by Gasteiger charge is 2.72. The predicted octanol–water partition coefficient (Wildman–Crippen LogP) is 0.528. The van der Waals surface area contributed by atoms with Gasteiger partial charge in [-0.3, -0.25) is 0 Å². The van der Waals surface area contributed by atoms with Gasteiger partial charge in [-0.1, -0.05) is 0 Å². The van der Waals surface area contributed by atoms with E-state index < -0.39 is 29.5 Å². The summed E-state index contributed by atoms with van der Waals surface area (Å²) in [7, 11) is 0. The molecule has 2 aliphatic rings. The number of hydrogen-bond donors (Lipinski definition) is 4.